The van der Waals surface area contributed by atoms with E-state index in [0.29, 0.717) is 10.2 Å². The van der Waals surface area contributed by atoms with Crippen LogP contribution in [0, 0.1) is 0 Å². The predicted molar refractivity (Wildman–Crippen MR) is 78.2 cm³/mol. The third-order valence-corrected chi connectivity index (χ3v) is 3.54. The molecule has 0 spiro atoms. The number of nitrogens with one attached hydrogen (secondary N) is 1. The fourth-order valence-corrected chi connectivity index (χ4v) is 2.30. The summed E-state index contributed by atoms with van der Waals surface area (Å²) in [4.78, 5) is 35.7. The summed E-state index contributed by atoms with van der Waals surface area (Å²) in [7, 11) is 0. The molecule has 1 aromatic rings. The van der Waals surface area contributed by atoms with Gasteiger partial charge in [-0.25, -0.2) is 0 Å². The van der Waals surface area contributed by atoms with Crippen LogP contribution in [0.25, 0.3) is 0 Å². The number of benzene rings is 1. The number of hydrogen-bond donors (Lipinski definition) is 3. The van der Waals surface area contributed by atoms with Crippen LogP contribution in [0.15, 0.2) is 34.4 Å². The number of carbonyl (C=O) groups is 3. The molecule has 110 valence electrons. The third-order valence-electron chi connectivity index (χ3n) is 2.84. The van der Waals surface area contributed by atoms with Crippen LogP contribution in [0.3, 0.4) is 0 Å². The molecule has 21 heavy (non-hydrogen) atoms. The summed E-state index contributed by atoms with van der Waals surface area (Å²) in [6.45, 7) is -0.366. The first-order valence-electron chi connectivity index (χ1n) is 5.99. The van der Waals surface area contributed by atoms with Crippen molar-refractivity contribution in [3.8, 4) is 0 Å². The Labute approximate surface area is 128 Å². The van der Waals surface area contributed by atoms with Gasteiger partial charge in [0.2, 0.25) is 5.91 Å². The van der Waals surface area contributed by atoms with E-state index in [1.165, 1.54) is 6.07 Å². The summed E-state index contributed by atoms with van der Waals surface area (Å²) in [5, 5.41) is 11.6. The summed E-state index contributed by atoms with van der Waals surface area (Å²) < 4.78 is 0.533. The molecule has 1 heterocycles. The summed E-state index contributed by atoms with van der Waals surface area (Å²) in [6.07, 6.45) is 1.14. The average Bonchev–Trinajstić information content (AvgIpc) is 2.69. The number of primary amides is 1. The zero-order chi connectivity index (χ0) is 15.6. The quantitative estimate of drug-likeness (QED) is 0.654. The molecule has 3 amide bonds. The first kappa shape index (κ1) is 15.2. The highest BCUT2D eigenvalue weighted by molar-refractivity contribution is 9.10. The molecule has 2 rings (SSSR count). The second kappa shape index (κ2) is 6.06. The van der Waals surface area contributed by atoms with E-state index in [2.05, 4.69) is 21.2 Å². The van der Waals surface area contributed by atoms with E-state index in [-0.39, 0.29) is 24.4 Å². The lowest BCUT2D eigenvalue weighted by atomic mass is 10.2. The molecule has 7 nitrogen and oxygen atoms in total. The van der Waals surface area contributed by atoms with Crippen LogP contribution < -0.4 is 11.1 Å². The van der Waals surface area contributed by atoms with Crippen LogP contribution in [-0.4, -0.2) is 40.9 Å². The van der Waals surface area contributed by atoms with Crippen LogP contribution in [0.4, 0.5) is 5.69 Å². The summed E-state index contributed by atoms with van der Waals surface area (Å²) in [5.41, 5.74) is 6.01. The Kier molecular flexibility index (Phi) is 4.39. The van der Waals surface area contributed by atoms with Crippen LogP contribution in [0.2, 0.25) is 0 Å². The molecule has 1 aromatic carbocycles. The number of aliphatic hydroxyl groups is 1. The van der Waals surface area contributed by atoms with Gasteiger partial charge in [-0.05, 0) is 34.1 Å². The number of carbonyl (C=O) groups excluding carboxylic acids is 3. The minimum Gasteiger partial charge on any atom is -0.395 e. The van der Waals surface area contributed by atoms with Crippen LogP contribution in [-0.2, 0) is 9.59 Å². The Morgan fingerprint density at radius 2 is 2.10 bits per heavy atom. The molecule has 0 atom stereocenters. The molecule has 0 saturated carbocycles. The molecular formula is C13H12BrN3O4. The van der Waals surface area contributed by atoms with E-state index in [4.69, 9.17) is 10.8 Å². The molecule has 0 saturated heterocycles. The third kappa shape index (κ3) is 3.11. The number of imide groups is 1. The van der Waals surface area contributed by atoms with Crippen molar-refractivity contribution in [3.63, 3.8) is 0 Å². The zero-order valence-corrected chi connectivity index (χ0v) is 12.4. The number of β-amino-alcohol motifs (C(OH)–C–C–N with tert-alkyl or cyclic N) is 1. The zero-order valence-electron chi connectivity index (χ0n) is 10.8. The summed E-state index contributed by atoms with van der Waals surface area (Å²) in [5.74, 6) is -1.64. The van der Waals surface area contributed by atoms with Crippen molar-refractivity contribution in [2.24, 2.45) is 5.73 Å². The van der Waals surface area contributed by atoms with Gasteiger partial charge in [-0.15, -0.1) is 0 Å². The Morgan fingerprint density at radius 3 is 2.71 bits per heavy atom. The van der Waals surface area contributed by atoms with Gasteiger partial charge in [0.1, 0.15) is 5.70 Å². The van der Waals surface area contributed by atoms with E-state index >= 15 is 0 Å². The van der Waals surface area contributed by atoms with Crippen molar-refractivity contribution in [2.45, 2.75) is 0 Å². The molecule has 0 aromatic heterocycles. The van der Waals surface area contributed by atoms with Crippen molar-refractivity contribution in [2.75, 3.05) is 18.5 Å². The number of nitrogens with zero attached hydrogens (tertiary/aromatic N) is 1. The van der Waals surface area contributed by atoms with Gasteiger partial charge in [-0.2, -0.15) is 0 Å². The van der Waals surface area contributed by atoms with Crippen molar-refractivity contribution in [1.29, 1.82) is 0 Å². The molecule has 1 aliphatic heterocycles. The highest BCUT2D eigenvalue weighted by Gasteiger charge is 2.30. The van der Waals surface area contributed by atoms with Gasteiger partial charge < -0.3 is 16.2 Å². The molecular weight excluding hydrogens is 342 g/mol. The Morgan fingerprint density at radius 1 is 1.38 bits per heavy atom. The summed E-state index contributed by atoms with van der Waals surface area (Å²) in [6, 6.07) is 4.71. The number of halogens is 1. The molecule has 0 fully saturated rings. The van der Waals surface area contributed by atoms with Gasteiger partial charge >= 0.3 is 0 Å². The van der Waals surface area contributed by atoms with Gasteiger partial charge in [-0.1, -0.05) is 0 Å². The maximum Gasteiger partial charge on any atom is 0.277 e. The van der Waals surface area contributed by atoms with Crippen molar-refractivity contribution < 1.29 is 19.5 Å². The molecule has 4 N–H and O–H groups in total. The summed E-state index contributed by atoms with van der Waals surface area (Å²) >= 11 is 3.19. The smallest absolute Gasteiger partial charge is 0.277 e. The Bertz CT molecular complexity index is 657. The first-order valence-corrected chi connectivity index (χ1v) is 6.78. The fourth-order valence-electron chi connectivity index (χ4n) is 1.86. The number of hydrogen-bond acceptors (Lipinski definition) is 5. The van der Waals surface area contributed by atoms with Crippen LogP contribution in [0.1, 0.15) is 10.4 Å². The molecule has 0 unspecified atom stereocenters. The SMILES string of the molecule is NC(=O)c1cc(NC2=CC(=O)N(CCO)C2=O)ccc1Br. The lowest BCUT2D eigenvalue weighted by Gasteiger charge is -2.13. The van der Waals surface area contributed by atoms with Crippen molar-refractivity contribution in [1.82, 2.24) is 4.90 Å². The lowest BCUT2D eigenvalue weighted by molar-refractivity contribution is -0.137. The van der Waals surface area contributed by atoms with E-state index in [9.17, 15) is 14.4 Å². The Hall–Kier alpha value is -2.19. The number of aliphatic hydroxyl groups excluding tert-OH is 1. The first-order chi connectivity index (χ1) is 9.93. The van der Waals surface area contributed by atoms with E-state index < -0.39 is 17.7 Å². The Balaban J connectivity index is 2.22. The lowest BCUT2D eigenvalue weighted by Crippen LogP contribution is -2.34. The number of rotatable bonds is 5. The van der Waals surface area contributed by atoms with Gasteiger partial charge in [0.15, 0.2) is 0 Å². The van der Waals surface area contributed by atoms with E-state index in [0.717, 1.165) is 11.0 Å². The maximum atomic E-state index is 12.0. The number of nitrogens with two attached hydrogens (primary N) is 1. The van der Waals surface area contributed by atoms with Gasteiger partial charge in [0, 0.05) is 16.2 Å². The largest absolute Gasteiger partial charge is 0.395 e. The van der Waals surface area contributed by atoms with Crippen molar-refractivity contribution >= 4 is 39.3 Å². The minimum absolute atomic E-state index is 0.0633. The van der Waals surface area contributed by atoms with Crippen LogP contribution >= 0.6 is 15.9 Å². The monoisotopic (exact) mass is 353 g/mol. The van der Waals surface area contributed by atoms with Gasteiger partial charge in [0.05, 0.1) is 18.7 Å². The second-order valence-corrected chi connectivity index (χ2v) is 5.11. The van der Waals surface area contributed by atoms with E-state index in [1.807, 2.05) is 0 Å². The predicted octanol–water partition coefficient (Wildman–Crippen LogP) is 0.205. The van der Waals surface area contributed by atoms with Gasteiger partial charge in [-0.3, -0.25) is 19.3 Å². The topological polar surface area (TPSA) is 113 Å². The number of amides is 3. The standard InChI is InChI=1S/C13H12BrN3O4/c14-9-2-1-7(5-8(9)12(15)20)16-10-6-11(19)17(3-4-18)13(10)21/h1-2,5-6,16,18H,3-4H2,(H2,15,20). The van der Waals surface area contributed by atoms with Crippen molar-refractivity contribution in [3.05, 3.63) is 40.0 Å². The van der Waals surface area contributed by atoms with Gasteiger partial charge in [0.25, 0.3) is 11.8 Å². The van der Waals surface area contributed by atoms with E-state index in [1.54, 1.807) is 12.1 Å². The molecule has 8 heteroatoms. The molecule has 1 aliphatic rings. The molecule has 0 aliphatic carbocycles. The fraction of sp³-hybridized carbons (Fsp3) is 0.154. The number of anilines is 1. The highest BCUT2D eigenvalue weighted by atomic mass is 79.9. The normalized spacial score (nSPS) is 14.4. The minimum atomic E-state index is -0.616. The second-order valence-electron chi connectivity index (χ2n) is 4.26. The maximum absolute atomic E-state index is 12.0. The van der Waals surface area contributed by atoms with Crippen LogP contribution in [0.5, 0.6) is 0 Å². The molecule has 0 radical (unpaired) electrons. The molecule has 0 bridgehead atoms. The average molecular weight is 354 g/mol. The highest BCUT2D eigenvalue weighted by Crippen LogP contribution is 2.23.